The molecule has 1 aromatic rings. The summed E-state index contributed by atoms with van der Waals surface area (Å²) in [5.74, 6) is 0.183. The van der Waals surface area contributed by atoms with Gasteiger partial charge in [0.15, 0.2) is 0 Å². The molecule has 2 saturated heterocycles. The number of urea groups is 1. The van der Waals surface area contributed by atoms with Crippen molar-refractivity contribution < 1.29 is 9.59 Å². The first-order valence-corrected chi connectivity index (χ1v) is 6.35. The number of piperazine rings is 1. The molecule has 3 heterocycles. The summed E-state index contributed by atoms with van der Waals surface area (Å²) in [5.41, 5.74) is 0.779. The van der Waals surface area contributed by atoms with E-state index in [-0.39, 0.29) is 5.70 Å². The minimum Gasteiger partial charge on any atom is -0.338 e. The fraction of sp³-hybridized carbons (Fsp3) is 0.333. The largest absolute Gasteiger partial charge is 0.338 e. The highest BCUT2D eigenvalue weighted by atomic mass is 16.2. The van der Waals surface area contributed by atoms with Crippen molar-refractivity contribution >= 4 is 24.0 Å². The zero-order valence-corrected chi connectivity index (χ0v) is 10.7. The molecule has 0 aliphatic carbocycles. The Morgan fingerprint density at radius 1 is 1.20 bits per heavy atom. The summed E-state index contributed by atoms with van der Waals surface area (Å²) in [4.78, 5) is 33.2. The van der Waals surface area contributed by atoms with E-state index in [1.165, 1.54) is 6.08 Å². The average molecular weight is 274 g/mol. The number of nitrogens with zero attached hydrogens (tertiary/aromatic N) is 3. The van der Waals surface area contributed by atoms with Crippen LogP contribution >= 0.6 is 0 Å². The van der Waals surface area contributed by atoms with Gasteiger partial charge in [0.25, 0.3) is 5.91 Å². The van der Waals surface area contributed by atoms with E-state index >= 15 is 0 Å². The molecule has 3 N–H and O–H groups in total. The molecule has 0 atom stereocenters. The first-order valence-electron chi connectivity index (χ1n) is 6.35. The zero-order chi connectivity index (χ0) is 13.9. The number of hydrogen-bond donors (Lipinski definition) is 3. The first-order chi connectivity index (χ1) is 9.72. The van der Waals surface area contributed by atoms with Gasteiger partial charge in [-0.25, -0.2) is 14.8 Å². The van der Waals surface area contributed by atoms with Crippen LogP contribution in [0.3, 0.4) is 0 Å². The molecule has 20 heavy (non-hydrogen) atoms. The van der Waals surface area contributed by atoms with E-state index in [9.17, 15) is 9.59 Å². The Kier molecular flexibility index (Phi) is 3.30. The molecular weight excluding hydrogens is 260 g/mol. The molecule has 2 aliphatic heterocycles. The highest BCUT2D eigenvalue weighted by molar-refractivity contribution is 6.13. The summed E-state index contributed by atoms with van der Waals surface area (Å²) in [5, 5.41) is 7.83. The molecule has 0 saturated carbocycles. The smallest absolute Gasteiger partial charge is 0.326 e. The third-order valence-corrected chi connectivity index (χ3v) is 3.08. The van der Waals surface area contributed by atoms with Crippen LogP contribution in [0.5, 0.6) is 0 Å². The minimum absolute atomic E-state index is 0.194. The molecule has 3 amide bonds. The average Bonchev–Trinajstić information content (AvgIpc) is 2.78. The van der Waals surface area contributed by atoms with Crippen molar-refractivity contribution in [1.82, 2.24) is 25.9 Å². The SMILES string of the molecule is O=C1NC(=O)/C(=C\c2ccnc(N3CCNCC3)n2)N1. The van der Waals surface area contributed by atoms with Gasteiger partial charge in [0.05, 0.1) is 5.69 Å². The second-order valence-corrected chi connectivity index (χ2v) is 4.48. The molecule has 3 rings (SSSR count). The Morgan fingerprint density at radius 3 is 2.70 bits per heavy atom. The predicted octanol–water partition coefficient (Wildman–Crippen LogP) is -0.933. The molecule has 104 valence electrons. The lowest BCUT2D eigenvalue weighted by molar-refractivity contribution is -0.115. The molecule has 0 radical (unpaired) electrons. The Bertz CT molecular complexity index is 579. The summed E-state index contributed by atoms with van der Waals surface area (Å²) < 4.78 is 0. The summed E-state index contributed by atoms with van der Waals surface area (Å²) >= 11 is 0. The predicted molar refractivity (Wildman–Crippen MR) is 71.8 cm³/mol. The van der Waals surface area contributed by atoms with Crippen LogP contribution in [0, 0.1) is 0 Å². The van der Waals surface area contributed by atoms with Crippen LogP contribution < -0.4 is 20.9 Å². The van der Waals surface area contributed by atoms with Crippen LogP contribution in [0.2, 0.25) is 0 Å². The molecule has 0 spiro atoms. The third-order valence-electron chi connectivity index (χ3n) is 3.08. The summed E-state index contributed by atoms with van der Waals surface area (Å²) in [7, 11) is 0. The van der Waals surface area contributed by atoms with Gasteiger partial charge in [-0.15, -0.1) is 0 Å². The van der Waals surface area contributed by atoms with Crippen LogP contribution in [0.25, 0.3) is 6.08 Å². The summed E-state index contributed by atoms with van der Waals surface area (Å²) in [6.45, 7) is 3.48. The highest BCUT2D eigenvalue weighted by Gasteiger charge is 2.23. The monoisotopic (exact) mass is 274 g/mol. The minimum atomic E-state index is -0.516. The van der Waals surface area contributed by atoms with Gasteiger partial charge in [-0.1, -0.05) is 0 Å². The second-order valence-electron chi connectivity index (χ2n) is 4.48. The maximum absolute atomic E-state index is 11.5. The van der Waals surface area contributed by atoms with Crippen LogP contribution in [-0.2, 0) is 4.79 Å². The molecule has 1 aromatic heterocycles. The van der Waals surface area contributed by atoms with E-state index in [4.69, 9.17) is 0 Å². The maximum Gasteiger partial charge on any atom is 0.326 e. The van der Waals surface area contributed by atoms with Crippen molar-refractivity contribution in [2.75, 3.05) is 31.1 Å². The normalized spacial score (nSPS) is 21.0. The van der Waals surface area contributed by atoms with E-state index in [2.05, 4.69) is 30.8 Å². The van der Waals surface area contributed by atoms with Crippen molar-refractivity contribution in [3.05, 3.63) is 23.7 Å². The van der Waals surface area contributed by atoms with Crippen LogP contribution in [0.1, 0.15) is 5.69 Å². The lowest BCUT2D eigenvalue weighted by Gasteiger charge is -2.27. The Labute approximate surface area is 115 Å². The number of rotatable bonds is 2. The molecular formula is C12H14N6O2. The standard InChI is InChI=1S/C12H14N6O2/c19-10-9(16-12(20)17-10)7-8-1-2-14-11(15-8)18-5-3-13-4-6-18/h1-2,7,13H,3-6H2,(H2,16,17,19,20)/b9-7+. The number of amides is 3. The van der Waals surface area contributed by atoms with Gasteiger partial charge in [0, 0.05) is 32.4 Å². The van der Waals surface area contributed by atoms with E-state index in [0.717, 1.165) is 26.2 Å². The fourth-order valence-corrected chi connectivity index (χ4v) is 2.09. The van der Waals surface area contributed by atoms with Gasteiger partial charge in [-0.05, 0) is 12.1 Å². The van der Waals surface area contributed by atoms with Gasteiger partial charge in [-0.2, -0.15) is 0 Å². The quantitative estimate of drug-likeness (QED) is 0.476. The van der Waals surface area contributed by atoms with Gasteiger partial charge < -0.3 is 15.5 Å². The molecule has 0 aromatic carbocycles. The molecule has 8 nitrogen and oxygen atoms in total. The van der Waals surface area contributed by atoms with Gasteiger partial charge in [-0.3, -0.25) is 10.1 Å². The third kappa shape index (κ3) is 2.59. The number of anilines is 1. The highest BCUT2D eigenvalue weighted by Crippen LogP contribution is 2.11. The van der Waals surface area contributed by atoms with Crippen molar-refractivity contribution in [3.8, 4) is 0 Å². The lowest BCUT2D eigenvalue weighted by atomic mass is 10.3. The Balaban J connectivity index is 1.82. The number of carbonyl (C=O) groups excluding carboxylic acids is 2. The molecule has 0 bridgehead atoms. The van der Waals surface area contributed by atoms with Crippen LogP contribution in [-0.4, -0.2) is 48.1 Å². The van der Waals surface area contributed by atoms with Crippen LogP contribution in [0.15, 0.2) is 18.0 Å². The van der Waals surface area contributed by atoms with E-state index in [1.54, 1.807) is 12.3 Å². The number of carbonyl (C=O) groups is 2. The number of hydrogen-bond acceptors (Lipinski definition) is 6. The number of nitrogens with one attached hydrogen (secondary N) is 3. The lowest BCUT2D eigenvalue weighted by Crippen LogP contribution is -2.44. The molecule has 2 fully saturated rings. The topological polar surface area (TPSA) is 99.2 Å². The Hall–Kier alpha value is -2.48. The van der Waals surface area contributed by atoms with Crippen molar-refractivity contribution in [2.24, 2.45) is 0 Å². The van der Waals surface area contributed by atoms with Gasteiger partial charge in [0.1, 0.15) is 5.70 Å². The fourth-order valence-electron chi connectivity index (χ4n) is 2.09. The van der Waals surface area contributed by atoms with Crippen molar-refractivity contribution in [2.45, 2.75) is 0 Å². The number of imide groups is 1. The summed E-state index contributed by atoms with van der Waals surface area (Å²) in [6.07, 6.45) is 3.18. The van der Waals surface area contributed by atoms with E-state index in [0.29, 0.717) is 11.6 Å². The van der Waals surface area contributed by atoms with Gasteiger partial charge >= 0.3 is 6.03 Å². The molecule has 2 aliphatic rings. The number of aromatic nitrogens is 2. The Morgan fingerprint density at radius 2 is 2.00 bits per heavy atom. The second kappa shape index (κ2) is 5.25. The van der Waals surface area contributed by atoms with E-state index < -0.39 is 11.9 Å². The zero-order valence-electron chi connectivity index (χ0n) is 10.7. The van der Waals surface area contributed by atoms with Crippen molar-refractivity contribution in [3.63, 3.8) is 0 Å². The summed E-state index contributed by atoms with van der Waals surface area (Å²) in [6, 6.07) is 1.17. The molecule has 8 heteroatoms. The molecule has 0 unspecified atom stereocenters. The van der Waals surface area contributed by atoms with Gasteiger partial charge in [0.2, 0.25) is 5.95 Å². The first kappa shape index (κ1) is 12.5. The van der Waals surface area contributed by atoms with E-state index in [1.807, 2.05) is 0 Å². The van der Waals surface area contributed by atoms with Crippen molar-refractivity contribution in [1.29, 1.82) is 0 Å². The maximum atomic E-state index is 11.5. The van der Waals surface area contributed by atoms with Crippen LogP contribution in [0.4, 0.5) is 10.7 Å².